The lowest BCUT2D eigenvalue weighted by atomic mass is 10.0. The topological polar surface area (TPSA) is 84.7 Å². The van der Waals surface area contributed by atoms with Gasteiger partial charge in [-0.3, -0.25) is 9.59 Å². The molecule has 0 aromatic rings. The van der Waals surface area contributed by atoms with Crippen LogP contribution in [-0.2, 0) is 14.3 Å². The number of hydrogen-bond acceptors (Lipinski definition) is 4. The van der Waals surface area contributed by atoms with Crippen LogP contribution in [0.15, 0.2) is 0 Å². The minimum Gasteiger partial charge on any atom is -0.377 e. The highest BCUT2D eigenvalue weighted by atomic mass is 16.5. The number of amides is 2. The van der Waals surface area contributed by atoms with E-state index in [1.807, 2.05) is 20.8 Å². The normalized spacial score (nSPS) is 20.9. The Hall–Kier alpha value is -1.14. The molecule has 2 amide bonds. The van der Waals surface area contributed by atoms with Crippen LogP contribution in [0.2, 0.25) is 0 Å². The van der Waals surface area contributed by atoms with Gasteiger partial charge in [0.15, 0.2) is 0 Å². The van der Waals surface area contributed by atoms with Gasteiger partial charge in [-0.2, -0.15) is 0 Å². The van der Waals surface area contributed by atoms with Crippen molar-refractivity contribution in [2.75, 3.05) is 26.3 Å². The second-order valence-electron chi connectivity index (χ2n) is 5.65. The molecule has 20 heavy (non-hydrogen) atoms. The van der Waals surface area contributed by atoms with E-state index in [-0.39, 0.29) is 18.4 Å². The van der Waals surface area contributed by atoms with E-state index in [1.165, 1.54) is 0 Å². The summed E-state index contributed by atoms with van der Waals surface area (Å²) < 4.78 is 5.33. The number of ether oxygens (including phenoxy) is 1. The van der Waals surface area contributed by atoms with Crippen LogP contribution in [0.25, 0.3) is 0 Å². The molecule has 0 bridgehead atoms. The van der Waals surface area contributed by atoms with Gasteiger partial charge in [-0.05, 0) is 18.8 Å². The predicted octanol–water partition coefficient (Wildman–Crippen LogP) is 0.113. The number of hydrogen-bond donors (Lipinski definition) is 2. The second-order valence-corrected chi connectivity index (χ2v) is 5.65. The summed E-state index contributed by atoms with van der Waals surface area (Å²) in [6, 6.07) is -1.10. The number of rotatable bonds is 6. The molecule has 0 aliphatic carbocycles. The monoisotopic (exact) mass is 285 g/mol. The fraction of sp³-hybridized carbons (Fsp3) is 0.857. The standard InChI is InChI=1S/C14H27N3O3/c1-4-5-16-13(18)12-9-20-7-6-17(12)14(19)11(15)8-10(2)3/h10-12H,4-9,15H2,1-3H3,(H,16,18)/t11-,12?/m0/s1. The van der Waals surface area contributed by atoms with Crippen molar-refractivity contribution >= 4 is 11.8 Å². The number of nitrogens with one attached hydrogen (secondary N) is 1. The van der Waals surface area contributed by atoms with Gasteiger partial charge in [-0.15, -0.1) is 0 Å². The van der Waals surface area contributed by atoms with E-state index in [1.54, 1.807) is 4.90 Å². The van der Waals surface area contributed by atoms with E-state index < -0.39 is 12.1 Å². The zero-order valence-corrected chi connectivity index (χ0v) is 12.7. The molecule has 1 rings (SSSR count). The molecule has 0 aromatic carbocycles. The molecule has 0 saturated carbocycles. The van der Waals surface area contributed by atoms with Crippen molar-refractivity contribution in [1.29, 1.82) is 0 Å². The minimum absolute atomic E-state index is 0.154. The maximum atomic E-state index is 12.4. The van der Waals surface area contributed by atoms with E-state index in [0.29, 0.717) is 32.0 Å². The molecular formula is C14H27N3O3. The summed E-state index contributed by atoms with van der Waals surface area (Å²) in [4.78, 5) is 26.0. The highest BCUT2D eigenvalue weighted by Crippen LogP contribution is 2.12. The summed E-state index contributed by atoms with van der Waals surface area (Å²) in [7, 11) is 0. The van der Waals surface area contributed by atoms with Crippen LogP contribution in [0.4, 0.5) is 0 Å². The first-order chi connectivity index (χ1) is 9.47. The van der Waals surface area contributed by atoms with E-state index in [0.717, 1.165) is 6.42 Å². The molecule has 0 aromatic heterocycles. The molecule has 1 fully saturated rings. The summed E-state index contributed by atoms with van der Waals surface area (Å²) in [5.74, 6) is 0.0395. The van der Waals surface area contributed by atoms with Crippen molar-refractivity contribution in [1.82, 2.24) is 10.2 Å². The van der Waals surface area contributed by atoms with Gasteiger partial charge in [0.2, 0.25) is 11.8 Å². The molecule has 1 saturated heterocycles. The van der Waals surface area contributed by atoms with Crippen molar-refractivity contribution in [3.05, 3.63) is 0 Å². The van der Waals surface area contributed by atoms with Gasteiger partial charge in [0, 0.05) is 13.1 Å². The fourth-order valence-electron chi connectivity index (χ4n) is 2.27. The maximum absolute atomic E-state index is 12.4. The molecule has 1 unspecified atom stereocenters. The van der Waals surface area contributed by atoms with Crippen LogP contribution in [-0.4, -0.2) is 55.1 Å². The van der Waals surface area contributed by atoms with Gasteiger partial charge >= 0.3 is 0 Å². The van der Waals surface area contributed by atoms with E-state index in [9.17, 15) is 9.59 Å². The number of carbonyl (C=O) groups excluding carboxylic acids is 2. The SMILES string of the molecule is CCCNC(=O)C1COCCN1C(=O)[C@@H](N)CC(C)C. The summed E-state index contributed by atoms with van der Waals surface area (Å²) >= 11 is 0. The van der Waals surface area contributed by atoms with Gasteiger partial charge in [-0.25, -0.2) is 0 Å². The third-order valence-corrected chi connectivity index (χ3v) is 3.31. The lowest BCUT2D eigenvalue weighted by molar-refractivity contribution is -0.149. The average Bonchev–Trinajstić information content (AvgIpc) is 2.43. The molecule has 3 N–H and O–H groups in total. The Labute approximate surface area is 121 Å². The van der Waals surface area contributed by atoms with Crippen molar-refractivity contribution < 1.29 is 14.3 Å². The largest absolute Gasteiger partial charge is 0.377 e. The van der Waals surface area contributed by atoms with E-state index in [4.69, 9.17) is 10.5 Å². The molecular weight excluding hydrogens is 258 g/mol. The van der Waals surface area contributed by atoms with Crippen molar-refractivity contribution in [2.24, 2.45) is 11.7 Å². The van der Waals surface area contributed by atoms with Gasteiger partial charge in [0.05, 0.1) is 19.3 Å². The van der Waals surface area contributed by atoms with Crippen molar-refractivity contribution in [3.63, 3.8) is 0 Å². The summed E-state index contributed by atoms with van der Waals surface area (Å²) in [6.07, 6.45) is 1.49. The molecule has 2 atom stereocenters. The zero-order chi connectivity index (χ0) is 15.1. The molecule has 1 heterocycles. The van der Waals surface area contributed by atoms with Gasteiger partial charge < -0.3 is 20.7 Å². The summed E-state index contributed by atoms with van der Waals surface area (Å²) in [6.45, 7) is 7.77. The van der Waals surface area contributed by atoms with Crippen LogP contribution in [0.1, 0.15) is 33.6 Å². The highest BCUT2D eigenvalue weighted by molar-refractivity contribution is 5.90. The Morgan fingerprint density at radius 3 is 2.75 bits per heavy atom. The summed E-state index contributed by atoms with van der Waals surface area (Å²) in [5, 5.41) is 2.81. The third-order valence-electron chi connectivity index (χ3n) is 3.31. The molecule has 0 radical (unpaired) electrons. The molecule has 6 nitrogen and oxygen atoms in total. The third kappa shape index (κ3) is 4.76. The maximum Gasteiger partial charge on any atom is 0.245 e. The van der Waals surface area contributed by atoms with Crippen LogP contribution in [0, 0.1) is 5.92 Å². The first-order valence-corrected chi connectivity index (χ1v) is 7.38. The number of nitrogens with two attached hydrogens (primary N) is 1. The molecule has 6 heteroatoms. The van der Waals surface area contributed by atoms with Crippen LogP contribution < -0.4 is 11.1 Å². The highest BCUT2D eigenvalue weighted by Gasteiger charge is 2.34. The molecule has 0 spiro atoms. The molecule has 116 valence electrons. The molecule has 1 aliphatic heterocycles. The van der Waals surface area contributed by atoms with Gasteiger partial charge in [0.1, 0.15) is 6.04 Å². The Bertz CT molecular complexity index is 334. The Balaban J connectivity index is 2.67. The first-order valence-electron chi connectivity index (χ1n) is 7.38. The number of nitrogens with zero attached hydrogens (tertiary/aromatic N) is 1. The zero-order valence-electron chi connectivity index (χ0n) is 12.7. The fourth-order valence-corrected chi connectivity index (χ4v) is 2.27. The van der Waals surface area contributed by atoms with E-state index in [2.05, 4.69) is 5.32 Å². The number of morpholine rings is 1. The van der Waals surface area contributed by atoms with Crippen LogP contribution >= 0.6 is 0 Å². The Morgan fingerprint density at radius 2 is 2.15 bits per heavy atom. The average molecular weight is 285 g/mol. The quantitative estimate of drug-likeness (QED) is 0.725. The van der Waals surface area contributed by atoms with Gasteiger partial charge in [0.25, 0.3) is 0 Å². The predicted molar refractivity (Wildman–Crippen MR) is 77.1 cm³/mol. The second kappa shape index (κ2) is 8.21. The Kier molecular flexibility index (Phi) is 6.95. The van der Waals surface area contributed by atoms with Crippen LogP contribution in [0.3, 0.4) is 0 Å². The smallest absolute Gasteiger partial charge is 0.245 e. The van der Waals surface area contributed by atoms with Crippen LogP contribution in [0.5, 0.6) is 0 Å². The number of carbonyl (C=O) groups is 2. The lowest BCUT2D eigenvalue weighted by Crippen LogP contribution is -2.59. The first kappa shape index (κ1) is 16.9. The lowest BCUT2D eigenvalue weighted by Gasteiger charge is -2.36. The molecule has 1 aliphatic rings. The minimum atomic E-state index is -0.555. The van der Waals surface area contributed by atoms with Gasteiger partial charge in [-0.1, -0.05) is 20.8 Å². The van der Waals surface area contributed by atoms with Crippen molar-refractivity contribution in [3.8, 4) is 0 Å². The van der Waals surface area contributed by atoms with Crippen molar-refractivity contribution in [2.45, 2.75) is 45.7 Å². The summed E-state index contributed by atoms with van der Waals surface area (Å²) in [5.41, 5.74) is 5.95. The van der Waals surface area contributed by atoms with E-state index >= 15 is 0 Å². The Morgan fingerprint density at radius 1 is 1.45 bits per heavy atom.